The maximum absolute atomic E-state index is 4.51. The molecule has 2 aromatic rings. The van der Waals surface area contributed by atoms with Crippen LogP contribution < -0.4 is 10.2 Å². The Morgan fingerprint density at radius 3 is 2.22 bits per heavy atom. The van der Waals surface area contributed by atoms with Gasteiger partial charge in [-0.2, -0.15) is 0 Å². The Labute approximate surface area is 209 Å². The molecule has 1 aromatic carbocycles. The lowest BCUT2D eigenvalue weighted by atomic mass is 10.1. The van der Waals surface area contributed by atoms with Gasteiger partial charge in [0.1, 0.15) is 5.82 Å². The van der Waals surface area contributed by atoms with E-state index in [1.165, 1.54) is 11.1 Å². The monoisotopic (exact) mass is 549 g/mol. The van der Waals surface area contributed by atoms with Gasteiger partial charge in [0.2, 0.25) is 0 Å². The number of pyridine rings is 1. The van der Waals surface area contributed by atoms with Crippen molar-refractivity contribution in [1.82, 2.24) is 25.0 Å². The number of guanidine groups is 1. The number of piperazine rings is 2. The summed E-state index contributed by atoms with van der Waals surface area (Å²) >= 11 is 0. The zero-order valence-corrected chi connectivity index (χ0v) is 21.6. The maximum Gasteiger partial charge on any atom is 0.194 e. The van der Waals surface area contributed by atoms with Gasteiger partial charge in [-0.05, 0) is 30.3 Å². The summed E-state index contributed by atoms with van der Waals surface area (Å²) in [7, 11) is 4.07. The summed E-state index contributed by atoms with van der Waals surface area (Å²) in [5.74, 6) is 2.03. The third-order valence-electron chi connectivity index (χ3n) is 6.24. The van der Waals surface area contributed by atoms with Gasteiger partial charge in [-0.3, -0.25) is 9.89 Å². The lowest BCUT2D eigenvalue weighted by molar-refractivity contribution is 0.148. The van der Waals surface area contributed by atoms with Gasteiger partial charge in [-0.25, -0.2) is 4.98 Å². The van der Waals surface area contributed by atoms with Crippen molar-refractivity contribution in [3.63, 3.8) is 0 Å². The van der Waals surface area contributed by atoms with Gasteiger partial charge in [0, 0.05) is 78.7 Å². The van der Waals surface area contributed by atoms with Crippen LogP contribution in [0.2, 0.25) is 0 Å². The average Bonchev–Trinajstić information content (AvgIpc) is 2.83. The van der Waals surface area contributed by atoms with Crippen LogP contribution in [0.15, 0.2) is 53.7 Å². The minimum atomic E-state index is 0. The number of rotatable bonds is 5. The highest BCUT2D eigenvalue weighted by Crippen LogP contribution is 2.13. The number of hydrogen-bond donors (Lipinski definition) is 1. The second-order valence-electron chi connectivity index (χ2n) is 8.46. The molecule has 174 valence electrons. The van der Waals surface area contributed by atoms with E-state index in [-0.39, 0.29) is 24.0 Å². The molecule has 0 unspecified atom stereocenters. The first-order valence-electron chi connectivity index (χ1n) is 11.3. The molecular formula is C24H36IN7. The van der Waals surface area contributed by atoms with E-state index in [1.54, 1.807) is 0 Å². The number of halogens is 1. The van der Waals surface area contributed by atoms with Gasteiger partial charge in [-0.15, -0.1) is 24.0 Å². The first kappa shape index (κ1) is 24.7. The fraction of sp³-hybridized carbons (Fsp3) is 0.500. The number of anilines is 1. The number of hydrogen-bond acceptors (Lipinski definition) is 5. The quantitative estimate of drug-likeness (QED) is 0.351. The van der Waals surface area contributed by atoms with E-state index in [0.29, 0.717) is 0 Å². The number of nitrogens with zero attached hydrogens (tertiary/aromatic N) is 6. The molecule has 0 saturated carbocycles. The van der Waals surface area contributed by atoms with Crippen LogP contribution in [0, 0.1) is 0 Å². The Kier molecular flexibility index (Phi) is 9.55. The predicted octanol–water partition coefficient (Wildman–Crippen LogP) is 2.34. The molecule has 0 spiro atoms. The van der Waals surface area contributed by atoms with Gasteiger partial charge in [0.25, 0.3) is 0 Å². The van der Waals surface area contributed by atoms with Crippen LogP contribution >= 0.6 is 24.0 Å². The third kappa shape index (κ3) is 6.79. The second-order valence-corrected chi connectivity index (χ2v) is 8.46. The lowest BCUT2D eigenvalue weighted by Crippen LogP contribution is -2.52. The summed E-state index contributed by atoms with van der Waals surface area (Å²) in [5.41, 5.74) is 2.68. The Hall–Kier alpha value is -1.91. The number of aromatic nitrogens is 1. The molecule has 1 N–H and O–H groups in total. The van der Waals surface area contributed by atoms with Crippen LogP contribution in [0.4, 0.5) is 5.82 Å². The number of aliphatic imine (C=N–C) groups is 1. The summed E-state index contributed by atoms with van der Waals surface area (Å²) in [6.07, 6.45) is 1.86. The van der Waals surface area contributed by atoms with Crippen molar-refractivity contribution in [1.29, 1.82) is 0 Å². The zero-order chi connectivity index (χ0) is 21.5. The van der Waals surface area contributed by atoms with Gasteiger partial charge in [-0.1, -0.05) is 30.3 Å². The molecule has 1 aromatic heterocycles. The van der Waals surface area contributed by atoms with E-state index in [2.05, 4.69) is 72.3 Å². The SMILES string of the molecule is CN=C(NCc1ccc(CN2CCN(C)CC2)cc1)N1CCN(c2ccccn2)CC1.I. The average molecular weight is 550 g/mol. The van der Waals surface area contributed by atoms with Gasteiger partial charge >= 0.3 is 0 Å². The molecule has 0 amide bonds. The fourth-order valence-electron chi connectivity index (χ4n) is 4.23. The second kappa shape index (κ2) is 12.4. The van der Waals surface area contributed by atoms with E-state index in [9.17, 15) is 0 Å². The molecule has 8 heteroatoms. The molecule has 2 aliphatic rings. The first-order valence-corrected chi connectivity index (χ1v) is 11.3. The van der Waals surface area contributed by atoms with Gasteiger partial charge in [0.15, 0.2) is 5.96 Å². The summed E-state index contributed by atoms with van der Waals surface area (Å²) in [4.78, 5) is 18.6. The summed E-state index contributed by atoms with van der Waals surface area (Å²) in [6.45, 7) is 10.3. The van der Waals surface area contributed by atoms with Gasteiger partial charge in [0.05, 0.1) is 0 Å². The molecule has 4 rings (SSSR count). The fourth-order valence-corrected chi connectivity index (χ4v) is 4.23. The Morgan fingerprint density at radius 1 is 0.906 bits per heavy atom. The molecular weight excluding hydrogens is 513 g/mol. The minimum Gasteiger partial charge on any atom is -0.353 e. The van der Waals surface area contributed by atoms with Crippen molar-refractivity contribution in [3.8, 4) is 0 Å². The van der Waals surface area contributed by atoms with Crippen molar-refractivity contribution in [2.75, 3.05) is 71.4 Å². The van der Waals surface area contributed by atoms with Crippen molar-refractivity contribution in [3.05, 3.63) is 59.8 Å². The number of nitrogens with one attached hydrogen (secondary N) is 1. The molecule has 2 fully saturated rings. The molecule has 0 radical (unpaired) electrons. The summed E-state index contributed by atoms with van der Waals surface area (Å²) < 4.78 is 0. The maximum atomic E-state index is 4.51. The minimum absolute atomic E-state index is 0. The smallest absolute Gasteiger partial charge is 0.194 e. The topological polar surface area (TPSA) is 50.2 Å². The van der Waals surface area contributed by atoms with Crippen LogP contribution in [0.3, 0.4) is 0 Å². The third-order valence-corrected chi connectivity index (χ3v) is 6.24. The Bertz CT molecular complexity index is 827. The highest BCUT2D eigenvalue weighted by atomic mass is 127. The standard InChI is InChI=1S/C24H35N7.HI/c1-25-24(31-17-15-30(16-18-31)23-5-3-4-10-26-23)27-19-21-6-8-22(9-7-21)20-29-13-11-28(2)12-14-29;/h3-10H,11-20H2,1-2H3,(H,25,27);1H. The number of benzene rings is 1. The van der Waals surface area contributed by atoms with Crippen molar-refractivity contribution < 1.29 is 0 Å². The number of likely N-dealkylation sites (N-methyl/N-ethyl adjacent to an activating group) is 1. The van der Waals surface area contributed by atoms with E-state index < -0.39 is 0 Å². The van der Waals surface area contributed by atoms with Gasteiger partial charge < -0.3 is 20.0 Å². The highest BCUT2D eigenvalue weighted by molar-refractivity contribution is 14.0. The summed E-state index contributed by atoms with van der Waals surface area (Å²) in [6, 6.07) is 15.1. The van der Waals surface area contributed by atoms with Crippen LogP contribution in [-0.4, -0.2) is 92.1 Å². The zero-order valence-electron chi connectivity index (χ0n) is 19.3. The van der Waals surface area contributed by atoms with E-state index in [4.69, 9.17) is 0 Å². The molecule has 0 bridgehead atoms. The predicted molar refractivity (Wildman–Crippen MR) is 143 cm³/mol. The van der Waals surface area contributed by atoms with Crippen LogP contribution in [0.25, 0.3) is 0 Å². The van der Waals surface area contributed by atoms with Crippen molar-refractivity contribution >= 4 is 35.8 Å². The molecule has 32 heavy (non-hydrogen) atoms. The molecule has 2 aliphatic heterocycles. The molecule has 3 heterocycles. The Balaban J connectivity index is 0.00000289. The van der Waals surface area contributed by atoms with E-state index in [0.717, 1.165) is 77.2 Å². The van der Waals surface area contributed by atoms with Crippen LogP contribution in [0.5, 0.6) is 0 Å². The Morgan fingerprint density at radius 2 is 1.59 bits per heavy atom. The molecule has 0 atom stereocenters. The largest absolute Gasteiger partial charge is 0.353 e. The van der Waals surface area contributed by atoms with Crippen molar-refractivity contribution in [2.45, 2.75) is 13.1 Å². The lowest BCUT2D eigenvalue weighted by Gasteiger charge is -2.37. The first-order chi connectivity index (χ1) is 15.2. The normalized spacial score (nSPS) is 18.4. The summed E-state index contributed by atoms with van der Waals surface area (Å²) in [5, 5.41) is 3.54. The van der Waals surface area contributed by atoms with Crippen molar-refractivity contribution in [2.24, 2.45) is 4.99 Å². The molecule has 2 saturated heterocycles. The van der Waals surface area contributed by atoms with E-state index in [1.807, 2.05) is 25.4 Å². The van der Waals surface area contributed by atoms with Crippen LogP contribution in [0.1, 0.15) is 11.1 Å². The molecule has 0 aliphatic carbocycles. The molecule has 7 nitrogen and oxygen atoms in total. The highest BCUT2D eigenvalue weighted by Gasteiger charge is 2.20. The van der Waals surface area contributed by atoms with E-state index >= 15 is 0 Å². The van der Waals surface area contributed by atoms with Crippen LogP contribution in [-0.2, 0) is 13.1 Å².